The van der Waals surface area contributed by atoms with Crippen LogP contribution in [0.5, 0.6) is 0 Å². The van der Waals surface area contributed by atoms with E-state index in [9.17, 15) is 0 Å². The Hall–Kier alpha value is -1.32. The van der Waals surface area contributed by atoms with Gasteiger partial charge in [0.15, 0.2) is 0 Å². The summed E-state index contributed by atoms with van der Waals surface area (Å²) in [6, 6.07) is 0.542. The van der Waals surface area contributed by atoms with E-state index in [1.807, 2.05) is 7.05 Å². The highest BCUT2D eigenvalue weighted by atomic mass is 15.1. The minimum atomic E-state index is 0.404. The van der Waals surface area contributed by atoms with Gasteiger partial charge in [0.2, 0.25) is 0 Å². The average Bonchev–Trinajstić information content (AvgIpc) is 2.40. The SMILES string of the molecule is CNc1ncnc(NC2CCC(C)(C)CC2)c1C(C)C. The first-order valence-electron chi connectivity index (χ1n) is 7.72. The summed E-state index contributed by atoms with van der Waals surface area (Å²) in [6.45, 7) is 9.11. The maximum absolute atomic E-state index is 4.48. The molecule has 4 nitrogen and oxygen atoms in total. The van der Waals surface area contributed by atoms with Gasteiger partial charge in [-0.1, -0.05) is 27.7 Å². The molecule has 1 heterocycles. The highest BCUT2D eigenvalue weighted by molar-refractivity contribution is 5.59. The van der Waals surface area contributed by atoms with Gasteiger partial charge < -0.3 is 10.6 Å². The Morgan fingerprint density at radius 2 is 1.75 bits per heavy atom. The van der Waals surface area contributed by atoms with Crippen molar-refractivity contribution in [1.82, 2.24) is 9.97 Å². The molecule has 1 fully saturated rings. The molecule has 0 unspecified atom stereocenters. The van der Waals surface area contributed by atoms with Crippen molar-refractivity contribution in [2.45, 2.75) is 65.3 Å². The number of hydrogen-bond donors (Lipinski definition) is 2. The fraction of sp³-hybridized carbons (Fsp3) is 0.750. The van der Waals surface area contributed by atoms with E-state index in [1.54, 1.807) is 6.33 Å². The molecule has 2 rings (SSSR count). The number of nitrogens with zero attached hydrogens (tertiary/aromatic N) is 2. The number of aromatic nitrogens is 2. The first-order valence-corrected chi connectivity index (χ1v) is 7.72. The van der Waals surface area contributed by atoms with Gasteiger partial charge in [-0.2, -0.15) is 0 Å². The van der Waals surface area contributed by atoms with E-state index in [4.69, 9.17) is 0 Å². The second kappa shape index (κ2) is 5.98. The van der Waals surface area contributed by atoms with Crippen molar-refractivity contribution in [2.75, 3.05) is 17.7 Å². The van der Waals surface area contributed by atoms with E-state index < -0.39 is 0 Å². The van der Waals surface area contributed by atoms with Gasteiger partial charge in [-0.15, -0.1) is 0 Å². The highest BCUT2D eigenvalue weighted by Crippen LogP contribution is 2.37. The maximum atomic E-state index is 4.48. The number of anilines is 2. The molecule has 4 heteroatoms. The Bertz CT molecular complexity index is 444. The monoisotopic (exact) mass is 276 g/mol. The van der Waals surface area contributed by atoms with E-state index in [0.717, 1.165) is 11.6 Å². The Balaban J connectivity index is 2.14. The van der Waals surface area contributed by atoms with Crippen molar-refractivity contribution < 1.29 is 0 Å². The number of nitrogens with one attached hydrogen (secondary N) is 2. The molecule has 0 spiro atoms. The van der Waals surface area contributed by atoms with Gasteiger partial charge in [-0.05, 0) is 37.0 Å². The van der Waals surface area contributed by atoms with Crippen molar-refractivity contribution in [3.8, 4) is 0 Å². The van der Waals surface area contributed by atoms with E-state index in [2.05, 4.69) is 48.3 Å². The quantitative estimate of drug-likeness (QED) is 0.872. The normalized spacial score (nSPS) is 19.1. The van der Waals surface area contributed by atoms with E-state index >= 15 is 0 Å². The molecule has 1 aliphatic rings. The van der Waals surface area contributed by atoms with Crippen LogP contribution < -0.4 is 10.6 Å². The fourth-order valence-electron chi connectivity index (χ4n) is 2.99. The van der Waals surface area contributed by atoms with Crippen LogP contribution in [0, 0.1) is 5.41 Å². The lowest BCUT2D eigenvalue weighted by molar-refractivity contribution is 0.232. The lowest BCUT2D eigenvalue weighted by atomic mass is 9.75. The third-order valence-electron chi connectivity index (χ3n) is 4.38. The number of rotatable bonds is 4. The Morgan fingerprint density at radius 3 is 2.30 bits per heavy atom. The largest absolute Gasteiger partial charge is 0.373 e. The van der Waals surface area contributed by atoms with Gasteiger partial charge in [0, 0.05) is 18.7 Å². The summed E-state index contributed by atoms with van der Waals surface area (Å²) in [5.74, 6) is 2.35. The molecule has 0 aliphatic heterocycles. The van der Waals surface area contributed by atoms with Crippen LogP contribution in [0.4, 0.5) is 11.6 Å². The van der Waals surface area contributed by atoms with Crippen LogP contribution in [-0.4, -0.2) is 23.1 Å². The van der Waals surface area contributed by atoms with Crippen LogP contribution >= 0.6 is 0 Å². The molecule has 20 heavy (non-hydrogen) atoms. The summed E-state index contributed by atoms with van der Waals surface area (Å²) >= 11 is 0. The van der Waals surface area contributed by atoms with Gasteiger partial charge >= 0.3 is 0 Å². The van der Waals surface area contributed by atoms with E-state index in [0.29, 0.717) is 17.4 Å². The van der Waals surface area contributed by atoms with Crippen molar-refractivity contribution in [2.24, 2.45) is 5.41 Å². The molecule has 0 amide bonds. The lowest BCUT2D eigenvalue weighted by Gasteiger charge is -2.35. The fourth-order valence-corrected chi connectivity index (χ4v) is 2.99. The van der Waals surface area contributed by atoms with Gasteiger partial charge in [0.25, 0.3) is 0 Å². The summed E-state index contributed by atoms with van der Waals surface area (Å²) in [7, 11) is 1.92. The minimum Gasteiger partial charge on any atom is -0.373 e. The molecular weight excluding hydrogens is 248 g/mol. The van der Waals surface area contributed by atoms with Crippen molar-refractivity contribution in [3.05, 3.63) is 11.9 Å². The Labute approximate surface area is 122 Å². The second-order valence-corrected chi connectivity index (χ2v) is 6.97. The van der Waals surface area contributed by atoms with E-state index in [-0.39, 0.29) is 0 Å². The smallest absolute Gasteiger partial charge is 0.135 e. The zero-order valence-corrected chi connectivity index (χ0v) is 13.5. The molecule has 112 valence electrons. The van der Waals surface area contributed by atoms with Crippen molar-refractivity contribution in [1.29, 1.82) is 0 Å². The van der Waals surface area contributed by atoms with Crippen LogP contribution in [-0.2, 0) is 0 Å². The van der Waals surface area contributed by atoms with Gasteiger partial charge in [-0.3, -0.25) is 0 Å². The highest BCUT2D eigenvalue weighted by Gasteiger charge is 2.27. The van der Waals surface area contributed by atoms with Crippen LogP contribution in [0.25, 0.3) is 0 Å². The summed E-state index contributed by atoms with van der Waals surface area (Å²) < 4.78 is 0. The minimum absolute atomic E-state index is 0.404. The predicted octanol–water partition coefficient (Wildman–Crippen LogP) is 4.02. The maximum Gasteiger partial charge on any atom is 0.135 e. The zero-order valence-electron chi connectivity index (χ0n) is 13.5. The van der Waals surface area contributed by atoms with Crippen molar-refractivity contribution in [3.63, 3.8) is 0 Å². The average molecular weight is 276 g/mol. The van der Waals surface area contributed by atoms with Crippen LogP contribution in [0.2, 0.25) is 0 Å². The third kappa shape index (κ3) is 3.41. The molecule has 1 aliphatic carbocycles. The summed E-state index contributed by atoms with van der Waals surface area (Å²) in [6.07, 6.45) is 6.66. The molecular formula is C16H28N4. The second-order valence-electron chi connectivity index (χ2n) is 6.97. The topological polar surface area (TPSA) is 49.8 Å². The lowest BCUT2D eigenvalue weighted by Crippen LogP contribution is -2.30. The number of hydrogen-bond acceptors (Lipinski definition) is 4. The van der Waals surface area contributed by atoms with Crippen LogP contribution in [0.15, 0.2) is 6.33 Å². The molecule has 0 bridgehead atoms. The first kappa shape index (κ1) is 15.1. The molecule has 0 aromatic carbocycles. The zero-order chi connectivity index (χ0) is 14.8. The molecule has 1 saturated carbocycles. The predicted molar refractivity (Wildman–Crippen MR) is 85.3 cm³/mol. The van der Waals surface area contributed by atoms with Gasteiger partial charge in [-0.25, -0.2) is 9.97 Å². The summed E-state index contributed by atoms with van der Waals surface area (Å²) in [5, 5.41) is 6.83. The summed E-state index contributed by atoms with van der Waals surface area (Å²) in [5.41, 5.74) is 1.70. The molecule has 0 radical (unpaired) electrons. The van der Waals surface area contributed by atoms with Gasteiger partial charge in [0.1, 0.15) is 18.0 Å². The molecule has 0 saturated heterocycles. The Kier molecular flexibility index (Phi) is 4.51. The van der Waals surface area contributed by atoms with E-state index in [1.165, 1.54) is 31.2 Å². The molecule has 1 aromatic heterocycles. The molecule has 2 N–H and O–H groups in total. The van der Waals surface area contributed by atoms with Crippen molar-refractivity contribution >= 4 is 11.6 Å². The first-order chi connectivity index (χ1) is 9.43. The van der Waals surface area contributed by atoms with Crippen LogP contribution in [0.3, 0.4) is 0 Å². The van der Waals surface area contributed by atoms with Gasteiger partial charge in [0.05, 0.1) is 0 Å². The summed E-state index contributed by atoms with van der Waals surface area (Å²) in [4.78, 5) is 8.81. The third-order valence-corrected chi connectivity index (χ3v) is 4.38. The molecule has 0 atom stereocenters. The molecule has 1 aromatic rings. The van der Waals surface area contributed by atoms with Crippen LogP contribution in [0.1, 0.15) is 64.9 Å². The Morgan fingerprint density at radius 1 is 1.15 bits per heavy atom. The standard InChI is InChI=1S/C16H28N4/c1-11(2)13-14(17-5)18-10-19-15(13)20-12-6-8-16(3,4)9-7-12/h10-12H,6-9H2,1-5H3,(H2,17,18,19,20).